The lowest BCUT2D eigenvalue weighted by Crippen LogP contribution is -2.59. The van der Waals surface area contributed by atoms with E-state index in [4.69, 9.17) is 11.5 Å². The molecule has 0 aliphatic carbocycles. The van der Waals surface area contributed by atoms with Gasteiger partial charge in [0.15, 0.2) is 0 Å². The smallest absolute Gasteiger partial charge is 0.326 e. The summed E-state index contributed by atoms with van der Waals surface area (Å²) in [6, 6.07) is 10.6. The molecule has 12 nitrogen and oxygen atoms in total. The van der Waals surface area contributed by atoms with Crippen molar-refractivity contribution in [2.75, 3.05) is 0 Å². The highest BCUT2D eigenvalue weighted by Gasteiger charge is 2.32. The second kappa shape index (κ2) is 15.2. The number of hydrogen-bond acceptors (Lipinski definition) is 7. The van der Waals surface area contributed by atoms with Gasteiger partial charge in [-0.25, -0.2) is 4.79 Å². The summed E-state index contributed by atoms with van der Waals surface area (Å²) >= 11 is 0. The molecule has 0 aliphatic heterocycles. The number of phenols is 1. The zero-order valence-electron chi connectivity index (χ0n) is 22.5. The number of benzene rings is 2. The Morgan fingerprint density at radius 2 is 1.35 bits per heavy atom. The van der Waals surface area contributed by atoms with Crippen LogP contribution in [0.2, 0.25) is 0 Å². The first-order chi connectivity index (χ1) is 18.9. The molecule has 4 atom stereocenters. The Morgan fingerprint density at radius 3 is 1.90 bits per heavy atom. The van der Waals surface area contributed by atoms with Crippen molar-refractivity contribution in [3.8, 4) is 5.75 Å². The van der Waals surface area contributed by atoms with E-state index in [9.17, 15) is 34.2 Å². The molecule has 0 aromatic heterocycles. The van der Waals surface area contributed by atoms with Crippen LogP contribution >= 0.6 is 0 Å². The minimum absolute atomic E-state index is 0.0765. The minimum Gasteiger partial charge on any atom is -0.508 e. The van der Waals surface area contributed by atoms with Gasteiger partial charge >= 0.3 is 5.97 Å². The molecule has 2 rings (SSSR count). The fraction of sp³-hybridized carbons (Fsp3) is 0.393. The fourth-order valence-electron chi connectivity index (χ4n) is 3.91. The molecule has 0 saturated carbocycles. The van der Waals surface area contributed by atoms with Crippen LogP contribution < -0.4 is 27.4 Å². The molecule has 0 fully saturated rings. The second-order valence-corrected chi connectivity index (χ2v) is 9.86. The van der Waals surface area contributed by atoms with Crippen molar-refractivity contribution < 1.29 is 34.2 Å². The number of carbonyl (C=O) groups is 5. The maximum Gasteiger partial charge on any atom is 0.326 e. The molecule has 12 heteroatoms. The number of carboxylic acids is 1. The van der Waals surface area contributed by atoms with E-state index in [0.29, 0.717) is 5.56 Å². The lowest BCUT2D eigenvalue weighted by Gasteiger charge is -2.27. The Bertz CT molecular complexity index is 1170. The Labute approximate surface area is 232 Å². The van der Waals surface area contributed by atoms with E-state index in [1.807, 2.05) is 0 Å². The highest BCUT2D eigenvalue weighted by atomic mass is 16.4. The van der Waals surface area contributed by atoms with Crippen LogP contribution in [-0.4, -0.2) is 64.0 Å². The summed E-state index contributed by atoms with van der Waals surface area (Å²) in [6.45, 7) is 3.34. The van der Waals surface area contributed by atoms with Crippen LogP contribution in [0.25, 0.3) is 0 Å². The molecule has 2 aromatic carbocycles. The summed E-state index contributed by atoms with van der Waals surface area (Å²) in [6.07, 6.45) is -0.190. The topological polar surface area (TPSA) is 214 Å². The SMILES string of the molecule is CC(C)C(NC(=O)C(Cc1ccccc1)NC(=O)C(N)Cc1ccc(O)cc1)C(=O)NC(CCC(N)=O)C(=O)O. The monoisotopic (exact) mass is 555 g/mol. The molecular formula is C28H37N5O7. The standard InChI is InChI=1S/C28H37N5O7/c1-16(2)24(27(38)31-21(28(39)40)12-13-23(30)35)33-26(37)22(15-17-6-4-3-5-7-17)32-25(36)20(29)14-18-8-10-19(34)11-9-18/h3-11,16,20-22,24,34H,12-15,29H2,1-2H3,(H2,30,35)(H,31,38)(H,32,36)(H,33,37)(H,39,40). The van der Waals surface area contributed by atoms with Gasteiger partial charge in [-0.15, -0.1) is 0 Å². The van der Waals surface area contributed by atoms with E-state index in [0.717, 1.165) is 5.56 Å². The zero-order valence-corrected chi connectivity index (χ0v) is 22.5. The van der Waals surface area contributed by atoms with Gasteiger partial charge in [0.25, 0.3) is 0 Å². The Morgan fingerprint density at radius 1 is 0.775 bits per heavy atom. The Hall–Kier alpha value is -4.45. The van der Waals surface area contributed by atoms with Crippen LogP contribution in [-0.2, 0) is 36.8 Å². The zero-order chi connectivity index (χ0) is 29.8. The molecule has 0 bridgehead atoms. The molecule has 0 radical (unpaired) electrons. The molecule has 0 heterocycles. The van der Waals surface area contributed by atoms with Crippen molar-refractivity contribution in [2.24, 2.45) is 17.4 Å². The van der Waals surface area contributed by atoms with Gasteiger partial charge in [-0.1, -0.05) is 56.3 Å². The van der Waals surface area contributed by atoms with Gasteiger partial charge in [0.1, 0.15) is 23.9 Å². The molecule has 0 saturated heterocycles. The van der Waals surface area contributed by atoms with Crippen molar-refractivity contribution in [1.29, 1.82) is 0 Å². The first-order valence-electron chi connectivity index (χ1n) is 12.9. The average Bonchev–Trinajstić information content (AvgIpc) is 2.90. The predicted octanol–water partition coefficient (Wildman–Crippen LogP) is -0.0348. The number of aromatic hydroxyl groups is 1. The molecule has 216 valence electrons. The van der Waals surface area contributed by atoms with Gasteiger partial charge in [0.05, 0.1) is 6.04 Å². The van der Waals surface area contributed by atoms with Gasteiger partial charge in [-0.2, -0.15) is 0 Å². The number of amides is 4. The fourth-order valence-corrected chi connectivity index (χ4v) is 3.91. The molecule has 9 N–H and O–H groups in total. The van der Waals surface area contributed by atoms with E-state index in [2.05, 4.69) is 16.0 Å². The van der Waals surface area contributed by atoms with Gasteiger partial charge in [-0.3, -0.25) is 19.2 Å². The first-order valence-corrected chi connectivity index (χ1v) is 12.9. The van der Waals surface area contributed by atoms with Crippen LogP contribution in [0.3, 0.4) is 0 Å². The summed E-state index contributed by atoms with van der Waals surface area (Å²) in [4.78, 5) is 62.0. The number of rotatable bonds is 15. The molecular weight excluding hydrogens is 518 g/mol. The van der Waals surface area contributed by atoms with Crippen LogP contribution in [0.15, 0.2) is 54.6 Å². The van der Waals surface area contributed by atoms with Gasteiger partial charge in [0.2, 0.25) is 23.6 Å². The number of nitrogens with one attached hydrogen (secondary N) is 3. The average molecular weight is 556 g/mol. The van der Waals surface area contributed by atoms with Gasteiger partial charge in [-0.05, 0) is 42.0 Å². The van der Waals surface area contributed by atoms with E-state index in [1.54, 1.807) is 56.3 Å². The van der Waals surface area contributed by atoms with Crippen LogP contribution in [0.4, 0.5) is 0 Å². The third kappa shape index (κ3) is 10.4. The van der Waals surface area contributed by atoms with Crippen LogP contribution in [0.5, 0.6) is 5.75 Å². The maximum absolute atomic E-state index is 13.4. The van der Waals surface area contributed by atoms with Crippen LogP contribution in [0.1, 0.15) is 37.8 Å². The van der Waals surface area contributed by atoms with Crippen LogP contribution in [0, 0.1) is 5.92 Å². The highest BCUT2D eigenvalue weighted by Crippen LogP contribution is 2.12. The lowest BCUT2D eigenvalue weighted by molar-refractivity contribution is -0.143. The minimum atomic E-state index is -1.38. The number of carboxylic acid groups (broad SMARTS) is 1. The van der Waals surface area contributed by atoms with E-state index >= 15 is 0 Å². The summed E-state index contributed by atoms with van der Waals surface area (Å²) in [5, 5.41) is 26.5. The molecule has 0 spiro atoms. The third-order valence-electron chi connectivity index (χ3n) is 6.19. The first kappa shape index (κ1) is 31.8. The van der Waals surface area contributed by atoms with E-state index in [1.165, 1.54) is 12.1 Å². The number of nitrogens with two attached hydrogens (primary N) is 2. The van der Waals surface area contributed by atoms with E-state index < -0.39 is 59.7 Å². The number of aliphatic carboxylic acids is 1. The number of hydrogen-bond donors (Lipinski definition) is 7. The van der Waals surface area contributed by atoms with Gasteiger partial charge in [0, 0.05) is 12.8 Å². The molecule has 40 heavy (non-hydrogen) atoms. The predicted molar refractivity (Wildman–Crippen MR) is 147 cm³/mol. The van der Waals surface area contributed by atoms with Crippen molar-refractivity contribution >= 4 is 29.6 Å². The maximum atomic E-state index is 13.4. The largest absolute Gasteiger partial charge is 0.508 e. The number of phenolic OH excluding ortho intramolecular Hbond substituents is 1. The summed E-state index contributed by atoms with van der Waals surface area (Å²) < 4.78 is 0. The summed E-state index contributed by atoms with van der Waals surface area (Å²) in [5.41, 5.74) is 12.7. The summed E-state index contributed by atoms with van der Waals surface area (Å²) in [7, 11) is 0. The molecule has 2 aromatic rings. The lowest BCUT2D eigenvalue weighted by atomic mass is 9.99. The highest BCUT2D eigenvalue weighted by molar-refractivity contribution is 5.94. The molecule has 4 amide bonds. The third-order valence-corrected chi connectivity index (χ3v) is 6.19. The summed E-state index contributed by atoms with van der Waals surface area (Å²) in [5.74, 6) is -4.43. The van der Waals surface area contributed by atoms with Crippen molar-refractivity contribution in [3.63, 3.8) is 0 Å². The number of carbonyl (C=O) groups excluding carboxylic acids is 4. The Kier molecular flexibility index (Phi) is 12.1. The normalized spacial score (nSPS) is 13.9. The quantitative estimate of drug-likeness (QED) is 0.158. The van der Waals surface area contributed by atoms with Crippen molar-refractivity contribution in [2.45, 2.75) is 63.7 Å². The van der Waals surface area contributed by atoms with Gasteiger partial charge < -0.3 is 37.6 Å². The second-order valence-electron chi connectivity index (χ2n) is 9.86. The molecule has 0 aliphatic rings. The molecule has 4 unspecified atom stereocenters. The Balaban J connectivity index is 2.18. The number of primary amides is 1. The van der Waals surface area contributed by atoms with Crippen molar-refractivity contribution in [3.05, 3.63) is 65.7 Å². The van der Waals surface area contributed by atoms with E-state index in [-0.39, 0.29) is 31.4 Å². The van der Waals surface area contributed by atoms with Crippen molar-refractivity contribution in [1.82, 2.24) is 16.0 Å².